The van der Waals surface area contributed by atoms with E-state index >= 15 is 0 Å². The summed E-state index contributed by atoms with van der Waals surface area (Å²) >= 11 is 1.75. The number of carbonyl (C=O) groups is 1. The van der Waals surface area contributed by atoms with Crippen molar-refractivity contribution in [1.29, 1.82) is 0 Å². The molecule has 162 valence electrons. The van der Waals surface area contributed by atoms with Crippen LogP contribution in [0.3, 0.4) is 0 Å². The molecule has 2 aliphatic heterocycles. The molecule has 32 heavy (non-hydrogen) atoms. The van der Waals surface area contributed by atoms with E-state index in [2.05, 4.69) is 71.6 Å². The molecular formula is C28H28N2OS. The van der Waals surface area contributed by atoms with Crippen molar-refractivity contribution in [2.45, 2.75) is 37.6 Å². The van der Waals surface area contributed by atoms with E-state index in [1.54, 1.807) is 11.9 Å². The number of amides is 1. The lowest BCUT2D eigenvalue weighted by atomic mass is 9.70. The van der Waals surface area contributed by atoms with Crippen LogP contribution in [0.5, 0.6) is 0 Å². The van der Waals surface area contributed by atoms with Gasteiger partial charge >= 0.3 is 0 Å². The summed E-state index contributed by atoms with van der Waals surface area (Å²) in [6, 6.07) is 27.4. The summed E-state index contributed by atoms with van der Waals surface area (Å²) in [6.45, 7) is 6.85. The summed E-state index contributed by atoms with van der Waals surface area (Å²) in [7, 11) is 0. The van der Waals surface area contributed by atoms with E-state index in [0.29, 0.717) is 0 Å². The number of likely N-dealkylation sites (tertiary alicyclic amines) is 1. The van der Waals surface area contributed by atoms with Crippen LogP contribution in [0, 0.1) is 5.41 Å². The predicted molar refractivity (Wildman–Crippen MR) is 131 cm³/mol. The van der Waals surface area contributed by atoms with E-state index < -0.39 is 0 Å². The molecule has 6 rings (SSSR count). The van der Waals surface area contributed by atoms with Gasteiger partial charge in [0.25, 0.3) is 5.91 Å². The number of hydrogen-bond donors (Lipinski definition) is 0. The highest BCUT2D eigenvalue weighted by Gasteiger charge is 2.66. The van der Waals surface area contributed by atoms with Crippen LogP contribution in [0.2, 0.25) is 0 Å². The topological polar surface area (TPSA) is 23.6 Å². The Kier molecular flexibility index (Phi) is 4.53. The first-order valence-electron chi connectivity index (χ1n) is 11.6. The minimum absolute atomic E-state index is 0.0296. The lowest BCUT2D eigenvalue weighted by Gasteiger charge is -2.43. The Balaban J connectivity index is 1.58. The average molecular weight is 441 g/mol. The zero-order valence-electron chi connectivity index (χ0n) is 18.6. The largest absolute Gasteiger partial charge is 0.282 e. The molecule has 0 N–H and O–H groups in total. The molecule has 0 radical (unpaired) electrons. The second-order valence-electron chi connectivity index (χ2n) is 9.70. The van der Waals surface area contributed by atoms with Crippen LogP contribution in [0.25, 0.3) is 11.1 Å². The number of rotatable bonds is 2. The number of hydrogen-bond acceptors (Lipinski definition) is 3. The van der Waals surface area contributed by atoms with Crippen molar-refractivity contribution in [3.8, 4) is 11.1 Å². The van der Waals surface area contributed by atoms with Crippen LogP contribution < -0.4 is 0 Å². The smallest absolute Gasteiger partial charge is 0.265 e. The molecule has 1 spiro atoms. The lowest BCUT2D eigenvalue weighted by Crippen LogP contribution is -2.53. The van der Waals surface area contributed by atoms with Gasteiger partial charge in [-0.1, -0.05) is 80.6 Å². The maximum atomic E-state index is 13.9. The number of carbonyl (C=O) groups excluding carboxylic acids is 1. The van der Waals surface area contributed by atoms with Gasteiger partial charge in [0.05, 0.1) is 4.75 Å². The fraction of sp³-hybridized carbons (Fsp3) is 0.321. The van der Waals surface area contributed by atoms with Crippen LogP contribution >= 0.6 is 11.9 Å². The Hall–Kier alpha value is -2.56. The Labute approximate surface area is 194 Å². The van der Waals surface area contributed by atoms with Crippen LogP contribution in [-0.4, -0.2) is 34.4 Å². The van der Waals surface area contributed by atoms with Gasteiger partial charge in [-0.25, -0.2) is 0 Å². The van der Waals surface area contributed by atoms with E-state index in [1.807, 2.05) is 30.3 Å². The van der Waals surface area contributed by atoms with Crippen molar-refractivity contribution in [3.05, 3.63) is 95.6 Å². The van der Waals surface area contributed by atoms with Gasteiger partial charge in [0.15, 0.2) is 0 Å². The van der Waals surface area contributed by atoms with Crippen LogP contribution in [0.15, 0.2) is 78.9 Å². The Bertz CT molecular complexity index is 1140. The van der Waals surface area contributed by atoms with Crippen molar-refractivity contribution in [3.63, 3.8) is 0 Å². The molecule has 1 amide bonds. The molecular weight excluding hydrogens is 412 g/mol. The van der Waals surface area contributed by atoms with Gasteiger partial charge in [-0.3, -0.25) is 14.0 Å². The van der Waals surface area contributed by atoms with Gasteiger partial charge in [-0.2, -0.15) is 0 Å². The van der Waals surface area contributed by atoms with Crippen molar-refractivity contribution in [2.24, 2.45) is 5.41 Å². The van der Waals surface area contributed by atoms with Gasteiger partial charge in [-0.15, -0.1) is 0 Å². The molecule has 1 aliphatic carbocycles. The van der Waals surface area contributed by atoms with Gasteiger partial charge in [0, 0.05) is 24.1 Å². The minimum Gasteiger partial charge on any atom is -0.282 e. The maximum Gasteiger partial charge on any atom is 0.265 e. The zero-order valence-corrected chi connectivity index (χ0v) is 19.4. The highest BCUT2D eigenvalue weighted by Crippen LogP contribution is 2.70. The third kappa shape index (κ3) is 2.57. The molecule has 0 saturated carbocycles. The van der Waals surface area contributed by atoms with Crippen LogP contribution in [0.4, 0.5) is 0 Å². The SMILES string of the molecule is CC1(C)C(N2CCCC2)N(C(=O)c2ccccc2)SC12c1ccccc1-c1ccccc12. The Morgan fingerprint density at radius 2 is 1.34 bits per heavy atom. The van der Waals surface area contributed by atoms with Crippen molar-refractivity contribution >= 4 is 17.9 Å². The Morgan fingerprint density at radius 3 is 1.94 bits per heavy atom. The highest BCUT2D eigenvalue weighted by molar-refractivity contribution is 7.99. The Morgan fingerprint density at radius 1 is 0.812 bits per heavy atom. The summed E-state index contributed by atoms with van der Waals surface area (Å²) < 4.78 is 1.80. The molecule has 3 nitrogen and oxygen atoms in total. The molecule has 2 saturated heterocycles. The normalized spacial score (nSPS) is 22.8. The summed E-state index contributed by atoms with van der Waals surface area (Å²) in [5.74, 6) is 0.110. The van der Waals surface area contributed by atoms with E-state index in [0.717, 1.165) is 18.7 Å². The lowest BCUT2D eigenvalue weighted by molar-refractivity contribution is 0.0284. The molecule has 3 aromatic carbocycles. The molecule has 1 unspecified atom stereocenters. The van der Waals surface area contributed by atoms with E-state index in [9.17, 15) is 4.79 Å². The van der Waals surface area contributed by atoms with Crippen molar-refractivity contribution < 1.29 is 4.79 Å². The molecule has 2 heterocycles. The van der Waals surface area contributed by atoms with Crippen molar-refractivity contribution in [2.75, 3.05) is 13.1 Å². The molecule has 2 fully saturated rings. The summed E-state index contributed by atoms with van der Waals surface area (Å²) in [5, 5.41) is 0. The third-order valence-corrected chi connectivity index (χ3v) is 9.42. The number of benzene rings is 3. The van der Waals surface area contributed by atoms with Gasteiger partial charge in [-0.05, 0) is 59.2 Å². The van der Waals surface area contributed by atoms with E-state index in [1.165, 1.54) is 35.1 Å². The number of fused-ring (bicyclic) bond motifs is 5. The fourth-order valence-corrected chi connectivity index (χ4v) is 8.10. The average Bonchev–Trinajstić information content (AvgIpc) is 3.50. The molecule has 1 atom stereocenters. The highest BCUT2D eigenvalue weighted by atomic mass is 32.2. The minimum atomic E-state index is -0.308. The summed E-state index contributed by atoms with van der Waals surface area (Å²) in [6.07, 6.45) is 2.43. The second-order valence-corrected chi connectivity index (χ2v) is 10.9. The molecule has 4 heteroatoms. The fourth-order valence-electron chi connectivity index (χ4n) is 6.23. The first-order valence-corrected chi connectivity index (χ1v) is 12.3. The molecule has 0 bridgehead atoms. The first kappa shape index (κ1) is 20.1. The molecule has 3 aliphatic rings. The summed E-state index contributed by atoms with van der Waals surface area (Å²) in [5.41, 5.74) is 5.86. The van der Waals surface area contributed by atoms with Crippen LogP contribution in [-0.2, 0) is 4.75 Å². The van der Waals surface area contributed by atoms with Crippen molar-refractivity contribution in [1.82, 2.24) is 9.21 Å². The quantitative estimate of drug-likeness (QED) is 0.446. The van der Waals surface area contributed by atoms with Gasteiger partial charge < -0.3 is 0 Å². The predicted octanol–water partition coefficient (Wildman–Crippen LogP) is 6.16. The summed E-state index contributed by atoms with van der Waals surface area (Å²) in [4.78, 5) is 16.5. The zero-order chi connectivity index (χ0) is 21.9. The van der Waals surface area contributed by atoms with E-state index in [4.69, 9.17) is 0 Å². The monoisotopic (exact) mass is 440 g/mol. The second kappa shape index (κ2) is 7.23. The van der Waals surface area contributed by atoms with Crippen LogP contribution in [0.1, 0.15) is 48.2 Å². The van der Waals surface area contributed by atoms with Gasteiger partial charge in [0.2, 0.25) is 0 Å². The third-order valence-electron chi connectivity index (χ3n) is 7.62. The first-order chi connectivity index (χ1) is 15.6. The standard InChI is InChI=1S/C28H28N2OS/c1-27(2)26(29-18-10-11-19-29)30(25(31)20-12-4-3-5-13-20)32-28(27)23-16-8-6-14-21(23)22-15-7-9-17-24(22)28/h3-9,12-17,26H,10-11,18-19H2,1-2H3. The molecule has 0 aromatic heterocycles. The van der Waals surface area contributed by atoms with E-state index in [-0.39, 0.29) is 22.2 Å². The number of nitrogens with zero attached hydrogens (tertiary/aromatic N) is 2. The molecule has 3 aromatic rings. The van der Waals surface area contributed by atoms with Gasteiger partial charge in [0.1, 0.15) is 6.17 Å². The maximum absolute atomic E-state index is 13.9.